The van der Waals surface area contributed by atoms with E-state index in [2.05, 4.69) is 51.7 Å². The molecule has 3 rings (SSSR count). The number of nitrogen functional groups attached to an aromatic ring is 1. The standard InChI is InChI=1S/C16H17BrN8O2/c1-8(2)13-12(20-24-25(13)15-14(18)22-27-23-15)16(26)21-19-9(3)10-5-4-6-11(17)7-10/h4-8H,1-3H3,(H2,18,22)(H,21,26)/b19-9-. The molecule has 0 fully saturated rings. The van der Waals surface area contributed by atoms with Crippen LogP contribution in [0.25, 0.3) is 5.82 Å². The van der Waals surface area contributed by atoms with E-state index >= 15 is 0 Å². The fraction of sp³-hybridized carbons (Fsp3) is 0.250. The largest absolute Gasteiger partial charge is 0.378 e. The minimum atomic E-state index is -0.491. The van der Waals surface area contributed by atoms with Crippen LogP contribution in [0.2, 0.25) is 0 Å². The molecule has 0 spiro atoms. The first kappa shape index (κ1) is 18.7. The van der Waals surface area contributed by atoms with Crippen molar-refractivity contribution in [3.05, 3.63) is 45.7 Å². The topological polar surface area (TPSA) is 137 Å². The summed E-state index contributed by atoms with van der Waals surface area (Å²) < 4.78 is 6.87. The Bertz CT molecular complexity index is 1010. The SMILES string of the molecule is C/C(=N/NC(=O)c1nnn(-c2nonc2N)c1C(C)C)c1cccc(Br)c1. The third-order valence-corrected chi connectivity index (χ3v) is 4.22. The van der Waals surface area contributed by atoms with Crippen LogP contribution < -0.4 is 11.2 Å². The van der Waals surface area contributed by atoms with Gasteiger partial charge in [-0.15, -0.1) is 5.10 Å². The Kier molecular flexibility index (Phi) is 5.31. The molecule has 3 aromatic rings. The van der Waals surface area contributed by atoms with Gasteiger partial charge in [0.1, 0.15) is 0 Å². The number of rotatable bonds is 5. The van der Waals surface area contributed by atoms with Gasteiger partial charge < -0.3 is 5.73 Å². The van der Waals surface area contributed by atoms with E-state index in [1.807, 2.05) is 38.1 Å². The minimum absolute atomic E-state index is 0.0530. The Morgan fingerprint density at radius 3 is 2.78 bits per heavy atom. The molecule has 0 aliphatic rings. The summed E-state index contributed by atoms with van der Waals surface area (Å²) in [5.41, 5.74) is 10.4. The monoisotopic (exact) mass is 432 g/mol. The van der Waals surface area contributed by atoms with Crippen molar-refractivity contribution in [2.75, 3.05) is 5.73 Å². The van der Waals surface area contributed by atoms with Crippen LogP contribution >= 0.6 is 15.9 Å². The van der Waals surface area contributed by atoms with Gasteiger partial charge in [-0.25, -0.2) is 10.1 Å². The lowest BCUT2D eigenvalue weighted by Gasteiger charge is -2.08. The Morgan fingerprint density at radius 1 is 1.37 bits per heavy atom. The van der Waals surface area contributed by atoms with Gasteiger partial charge in [0.05, 0.1) is 11.4 Å². The summed E-state index contributed by atoms with van der Waals surface area (Å²) in [5.74, 6) is -0.349. The normalized spacial score (nSPS) is 11.8. The summed E-state index contributed by atoms with van der Waals surface area (Å²) in [7, 11) is 0. The minimum Gasteiger partial charge on any atom is -0.378 e. The van der Waals surface area contributed by atoms with Crippen LogP contribution in [0.3, 0.4) is 0 Å². The zero-order valence-corrected chi connectivity index (χ0v) is 16.4. The molecule has 1 amide bonds. The van der Waals surface area contributed by atoms with Gasteiger partial charge in [-0.1, -0.05) is 47.1 Å². The molecule has 11 heteroatoms. The van der Waals surface area contributed by atoms with E-state index in [0.29, 0.717) is 11.4 Å². The number of nitrogens with one attached hydrogen (secondary N) is 1. The molecule has 2 aromatic heterocycles. The highest BCUT2D eigenvalue weighted by atomic mass is 79.9. The first-order chi connectivity index (χ1) is 12.9. The van der Waals surface area contributed by atoms with Crippen molar-refractivity contribution < 1.29 is 9.42 Å². The number of carbonyl (C=O) groups excluding carboxylic acids is 1. The molecule has 0 radical (unpaired) electrons. The summed E-state index contributed by atoms with van der Waals surface area (Å²) >= 11 is 3.41. The van der Waals surface area contributed by atoms with Gasteiger partial charge in [-0.3, -0.25) is 4.79 Å². The first-order valence-corrected chi connectivity index (χ1v) is 8.82. The predicted octanol–water partition coefficient (Wildman–Crippen LogP) is 2.27. The molecule has 0 aliphatic heterocycles. The van der Waals surface area contributed by atoms with Gasteiger partial charge in [-0.05, 0) is 40.9 Å². The van der Waals surface area contributed by atoms with Gasteiger partial charge >= 0.3 is 0 Å². The van der Waals surface area contributed by atoms with E-state index in [4.69, 9.17) is 5.73 Å². The molecule has 0 unspecified atom stereocenters. The maximum atomic E-state index is 12.6. The number of amides is 1. The number of aromatic nitrogens is 5. The molecular formula is C16H17BrN8O2. The molecule has 0 saturated heterocycles. The molecule has 140 valence electrons. The van der Waals surface area contributed by atoms with E-state index in [1.54, 1.807) is 6.92 Å². The van der Waals surface area contributed by atoms with Crippen LogP contribution in [0, 0.1) is 0 Å². The quantitative estimate of drug-likeness (QED) is 0.465. The van der Waals surface area contributed by atoms with E-state index < -0.39 is 5.91 Å². The van der Waals surface area contributed by atoms with Gasteiger partial charge in [0.2, 0.25) is 11.6 Å². The highest BCUT2D eigenvalue weighted by Gasteiger charge is 2.25. The molecule has 0 aliphatic carbocycles. The lowest BCUT2D eigenvalue weighted by Crippen LogP contribution is -2.22. The van der Waals surface area contributed by atoms with Crippen LogP contribution in [-0.4, -0.2) is 36.9 Å². The smallest absolute Gasteiger partial charge is 0.293 e. The van der Waals surface area contributed by atoms with E-state index in [1.165, 1.54) is 4.68 Å². The average molecular weight is 433 g/mol. The number of hydrogen-bond acceptors (Lipinski definition) is 8. The number of benzene rings is 1. The van der Waals surface area contributed by atoms with E-state index in [-0.39, 0.29) is 23.2 Å². The molecular weight excluding hydrogens is 416 g/mol. The van der Waals surface area contributed by atoms with Crippen LogP contribution in [0.15, 0.2) is 38.5 Å². The summed E-state index contributed by atoms with van der Waals surface area (Å²) in [4.78, 5) is 12.6. The summed E-state index contributed by atoms with van der Waals surface area (Å²) in [6.45, 7) is 5.58. The second kappa shape index (κ2) is 7.66. The number of hydrogen-bond donors (Lipinski definition) is 2. The van der Waals surface area contributed by atoms with Crippen LogP contribution in [0.1, 0.15) is 48.4 Å². The van der Waals surface area contributed by atoms with E-state index in [9.17, 15) is 4.79 Å². The zero-order chi connectivity index (χ0) is 19.6. The molecule has 0 saturated carbocycles. The van der Waals surface area contributed by atoms with Crippen molar-refractivity contribution in [1.29, 1.82) is 0 Å². The Morgan fingerprint density at radius 2 is 2.15 bits per heavy atom. The molecule has 1 aromatic carbocycles. The van der Waals surface area contributed by atoms with Crippen LogP contribution in [-0.2, 0) is 0 Å². The van der Waals surface area contributed by atoms with Crippen LogP contribution in [0.4, 0.5) is 5.82 Å². The van der Waals surface area contributed by atoms with E-state index in [0.717, 1.165) is 10.0 Å². The third kappa shape index (κ3) is 3.87. The molecule has 2 heterocycles. The second-order valence-corrected chi connectivity index (χ2v) is 6.93. The van der Waals surface area contributed by atoms with Crippen molar-refractivity contribution in [2.24, 2.45) is 5.10 Å². The predicted molar refractivity (Wildman–Crippen MR) is 102 cm³/mol. The molecule has 0 atom stereocenters. The molecule has 3 N–H and O–H groups in total. The maximum Gasteiger partial charge on any atom is 0.293 e. The maximum absolute atomic E-state index is 12.6. The third-order valence-electron chi connectivity index (χ3n) is 3.73. The van der Waals surface area contributed by atoms with Crippen molar-refractivity contribution in [3.8, 4) is 5.82 Å². The van der Waals surface area contributed by atoms with Crippen molar-refractivity contribution in [3.63, 3.8) is 0 Å². The number of nitrogens with zero attached hydrogens (tertiary/aromatic N) is 6. The fourth-order valence-electron chi connectivity index (χ4n) is 2.43. The highest BCUT2D eigenvalue weighted by molar-refractivity contribution is 9.10. The van der Waals surface area contributed by atoms with Crippen LogP contribution in [0.5, 0.6) is 0 Å². The Balaban J connectivity index is 1.88. The van der Waals surface area contributed by atoms with Gasteiger partial charge in [0.25, 0.3) is 5.91 Å². The molecule has 27 heavy (non-hydrogen) atoms. The summed E-state index contributed by atoms with van der Waals surface area (Å²) in [5, 5.41) is 19.3. The van der Waals surface area contributed by atoms with Crippen molar-refractivity contribution in [1.82, 2.24) is 30.7 Å². The number of hydrazone groups is 1. The summed E-state index contributed by atoms with van der Waals surface area (Å²) in [6, 6.07) is 7.60. The number of anilines is 1. The van der Waals surface area contributed by atoms with Gasteiger partial charge in [0, 0.05) is 4.47 Å². The molecule has 10 nitrogen and oxygen atoms in total. The van der Waals surface area contributed by atoms with Crippen molar-refractivity contribution in [2.45, 2.75) is 26.7 Å². The highest BCUT2D eigenvalue weighted by Crippen LogP contribution is 2.22. The first-order valence-electron chi connectivity index (χ1n) is 8.03. The molecule has 0 bridgehead atoms. The number of nitrogens with two attached hydrogens (primary N) is 1. The lowest BCUT2D eigenvalue weighted by atomic mass is 10.1. The zero-order valence-electron chi connectivity index (χ0n) is 14.8. The Hall–Kier alpha value is -3.08. The van der Waals surface area contributed by atoms with Crippen molar-refractivity contribution >= 4 is 33.4 Å². The number of carbonyl (C=O) groups is 1. The van der Waals surface area contributed by atoms with Gasteiger partial charge in [-0.2, -0.15) is 9.78 Å². The summed E-state index contributed by atoms with van der Waals surface area (Å²) in [6.07, 6.45) is 0. The lowest BCUT2D eigenvalue weighted by molar-refractivity contribution is 0.0948. The average Bonchev–Trinajstić information content (AvgIpc) is 3.25. The van der Waals surface area contributed by atoms with Gasteiger partial charge in [0.15, 0.2) is 5.69 Å². The fourth-order valence-corrected chi connectivity index (χ4v) is 2.83. The Labute approximate surface area is 162 Å². The second-order valence-electron chi connectivity index (χ2n) is 6.01. The number of halogens is 1.